The zero-order valence-corrected chi connectivity index (χ0v) is 14.4. The van der Waals surface area contributed by atoms with Crippen molar-refractivity contribution >= 4 is 9.84 Å². The Labute approximate surface area is 129 Å². The monoisotopic (exact) mass is 317 g/mol. The van der Waals surface area contributed by atoms with Crippen LogP contribution in [0.1, 0.15) is 45.4 Å². The second kappa shape index (κ2) is 7.42. The fraction of sp³-hybridized carbons (Fsp3) is 1.00. The van der Waals surface area contributed by atoms with Gasteiger partial charge in [-0.2, -0.15) is 0 Å². The third-order valence-electron chi connectivity index (χ3n) is 5.63. The number of hydrogen-bond donors (Lipinski definition) is 1. The van der Waals surface area contributed by atoms with E-state index in [1.54, 1.807) is 14.0 Å². The number of sulfone groups is 1. The van der Waals surface area contributed by atoms with Crippen molar-refractivity contribution in [3.05, 3.63) is 0 Å². The quantitative estimate of drug-likeness (QED) is 0.628. The number of ether oxygens (including phenoxy) is 1. The predicted octanol–water partition coefficient (Wildman–Crippen LogP) is 2.24. The third-order valence-corrected chi connectivity index (χ3v) is 7.42. The van der Waals surface area contributed by atoms with Crippen molar-refractivity contribution in [1.82, 2.24) is 5.32 Å². The maximum Gasteiger partial charge on any atom is 0.150 e. The first-order valence-corrected chi connectivity index (χ1v) is 10.2. The van der Waals surface area contributed by atoms with Crippen molar-refractivity contribution < 1.29 is 13.2 Å². The number of hydrogen-bond acceptors (Lipinski definition) is 4. The van der Waals surface area contributed by atoms with Crippen molar-refractivity contribution in [1.29, 1.82) is 0 Å². The van der Waals surface area contributed by atoms with Gasteiger partial charge in [0.05, 0.1) is 12.4 Å². The summed E-state index contributed by atoms with van der Waals surface area (Å²) >= 11 is 0. The highest BCUT2D eigenvalue weighted by atomic mass is 32.2. The van der Waals surface area contributed by atoms with Crippen molar-refractivity contribution in [2.24, 2.45) is 17.3 Å². The molecule has 0 saturated heterocycles. The average molecular weight is 317 g/mol. The van der Waals surface area contributed by atoms with Gasteiger partial charge in [-0.25, -0.2) is 8.42 Å². The van der Waals surface area contributed by atoms with E-state index in [4.69, 9.17) is 4.74 Å². The predicted molar refractivity (Wildman–Crippen MR) is 86.2 cm³/mol. The van der Waals surface area contributed by atoms with Gasteiger partial charge in [-0.15, -0.1) is 0 Å². The molecule has 2 bridgehead atoms. The van der Waals surface area contributed by atoms with E-state index in [2.05, 4.69) is 5.32 Å². The summed E-state index contributed by atoms with van der Waals surface area (Å²) in [5.74, 6) is 2.34. The molecule has 0 aromatic carbocycles. The number of fused-ring (bicyclic) bond motifs is 2. The first kappa shape index (κ1) is 17.2. The van der Waals surface area contributed by atoms with Gasteiger partial charge in [-0.1, -0.05) is 13.3 Å². The van der Waals surface area contributed by atoms with E-state index in [1.807, 2.05) is 0 Å². The molecule has 1 N–H and O–H groups in total. The van der Waals surface area contributed by atoms with Crippen molar-refractivity contribution in [3.63, 3.8) is 0 Å². The smallest absolute Gasteiger partial charge is 0.150 e. The van der Waals surface area contributed by atoms with Gasteiger partial charge >= 0.3 is 0 Å². The van der Waals surface area contributed by atoms with Crippen LogP contribution < -0.4 is 5.32 Å². The highest BCUT2D eigenvalue weighted by Gasteiger charge is 2.49. The molecule has 0 amide bonds. The zero-order valence-electron chi connectivity index (χ0n) is 13.6. The van der Waals surface area contributed by atoms with Gasteiger partial charge in [0.25, 0.3) is 0 Å². The molecular formula is C16H31NO3S. The Hall–Kier alpha value is -0.130. The second-order valence-electron chi connectivity index (χ2n) is 6.95. The van der Waals surface area contributed by atoms with Gasteiger partial charge in [0.2, 0.25) is 0 Å². The lowest BCUT2D eigenvalue weighted by atomic mass is 9.70. The van der Waals surface area contributed by atoms with Crippen LogP contribution in [-0.4, -0.2) is 46.7 Å². The summed E-state index contributed by atoms with van der Waals surface area (Å²) in [5.41, 5.74) is 0.347. The summed E-state index contributed by atoms with van der Waals surface area (Å²) in [5, 5.41) is 3.54. The van der Waals surface area contributed by atoms with Gasteiger partial charge in [-0.05, 0) is 49.4 Å². The van der Waals surface area contributed by atoms with E-state index in [0.29, 0.717) is 11.2 Å². The Balaban J connectivity index is 1.87. The van der Waals surface area contributed by atoms with Crippen LogP contribution in [-0.2, 0) is 14.6 Å². The third kappa shape index (κ3) is 4.42. The molecule has 0 radical (unpaired) electrons. The molecular weight excluding hydrogens is 286 g/mol. The minimum atomic E-state index is -2.82. The molecule has 0 aliphatic heterocycles. The SMILES string of the molecule is CCS(=O)(=O)CCCC1(CNCCOC)CC2CCC1C2. The maximum atomic E-state index is 11.7. The Kier molecular flexibility index (Phi) is 6.09. The van der Waals surface area contributed by atoms with E-state index in [-0.39, 0.29) is 5.75 Å². The van der Waals surface area contributed by atoms with Gasteiger partial charge in [0.1, 0.15) is 9.84 Å². The van der Waals surface area contributed by atoms with Crippen molar-refractivity contribution in [2.45, 2.75) is 45.4 Å². The van der Waals surface area contributed by atoms with Crippen LogP contribution in [0.5, 0.6) is 0 Å². The number of rotatable bonds is 10. The molecule has 0 heterocycles. The molecule has 2 aliphatic carbocycles. The van der Waals surface area contributed by atoms with E-state index in [9.17, 15) is 8.42 Å². The average Bonchev–Trinajstić information content (AvgIpc) is 3.04. The molecule has 3 atom stereocenters. The van der Waals surface area contributed by atoms with Crippen LogP contribution in [0, 0.1) is 17.3 Å². The minimum absolute atomic E-state index is 0.276. The zero-order chi connectivity index (χ0) is 15.3. The summed E-state index contributed by atoms with van der Waals surface area (Å²) in [6.07, 6.45) is 7.28. The van der Waals surface area contributed by atoms with Crippen LogP contribution in [0.3, 0.4) is 0 Å². The van der Waals surface area contributed by atoms with Gasteiger partial charge < -0.3 is 10.1 Å². The molecule has 5 heteroatoms. The normalized spacial score (nSPS) is 31.9. The van der Waals surface area contributed by atoms with Crippen LogP contribution >= 0.6 is 0 Å². The van der Waals surface area contributed by atoms with Crippen LogP contribution in [0.4, 0.5) is 0 Å². The highest BCUT2D eigenvalue weighted by Crippen LogP contribution is 2.57. The first-order chi connectivity index (χ1) is 10.0. The lowest BCUT2D eigenvalue weighted by Gasteiger charge is -2.38. The van der Waals surface area contributed by atoms with Crippen LogP contribution in [0.2, 0.25) is 0 Å². The molecule has 0 aromatic rings. The fourth-order valence-corrected chi connectivity index (χ4v) is 5.34. The summed E-state index contributed by atoms with van der Waals surface area (Å²) < 4.78 is 28.5. The van der Waals surface area contributed by atoms with E-state index < -0.39 is 9.84 Å². The van der Waals surface area contributed by atoms with Gasteiger partial charge in [0.15, 0.2) is 0 Å². The lowest BCUT2D eigenvalue weighted by molar-refractivity contribution is 0.133. The van der Waals surface area contributed by atoms with E-state index in [0.717, 1.165) is 44.4 Å². The van der Waals surface area contributed by atoms with Gasteiger partial charge in [-0.3, -0.25) is 0 Å². The first-order valence-electron chi connectivity index (χ1n) is 8.41. The van der Waals surface area contributed by atoms with E-state index in [1.165, 1.54) is 25.7 Å². The summed E-state index contributed by atoms with van der Waals surface area (Å²) in [6.45, 7) is 4.41. The van der Waals surface area contributed by atoms with Crippen LogP contribution in [0.25, 0.3) is 0 Å². The Morgan fingerprint density at radius 1 is 1.33 bits per heavy atom. The standard InChI is InChI=1S/C16H31NO3S/c1-3-21(18,19)10-4-7-16(13-17-8-9-20-2)12-14-5-6-15(16)11-14/h14-15,17H,3-13H2,1-2H3. The molecule has 2 saturated carbocycles. The molecule has 4 nitrogen and oxygen atoms in total. The summed E-state index contributed by atoms with van der Waals surface area (Å²) in [6, 6.07) is 0. The summed E-state index contributed by atoms with van der Waals surface area (Å²) in [4.78, 5) is 0. The highest BCUT2D eigenvalue weighted by molar-refractivity contribution is 7.91. The number of nitrogens with one attached hydrogen (secondary N) is 1. The Morgan fingerprint density at radius 2 is 2.14 bits per heavy atom. The van der Waals surface area contributed by atoms with Crippen molar-refractivity contribution in [3.8, 4) is 0 Å². The molecule has 2 aliphatic rings. The number of methoxy groups -OCH3 is 1. The van der Waals surface area contributed by atoms with Crippen molar-refractivity contribution in [2.75, 3.05) is 38.3 Å². The fourth-order valence-electron chi connectivity index (χ4n) is 4.47. The summed E-state index contributed by atoms with van der Waals surface area (Å²) in [7, 11) is -1.09. The topological polar surface area (TPSA) is 55.4 Å². The second-order valence-corrected chi connectivity index (χ2v) is 9.42. The molecule has 124 valence electrons. The Morgan fingerprint density at radius 3 is 2.71 bits per heavy atom. The minimum Gasteiger partial charge on any atom is -0.383 e. The molecule has 0 aromatic heterocycles. The van der Waals surface area contributed by atoms with E-state index >= 15 is 0 Å². The molecule has 0 spiro atoms. The Bertz CT molecular complexity index is 423. The van der Waals surface area contributed by atoms with Gasteiger partial charge in [0, 0.05) is 26.0 Å². The molecule has 2 rings (SSSR count). The largest absolute Gasteiger partial charge is 0.383 e. The van der Waals surface area contributed by atoms with Crippen LogP contribution in [0.15, 0.2) is 0 Å². The molecule has 21 heavy (non-hydrogen) atoms. The molecule has 3 unspecified atom stereocenters. The maximum absolute atomic E-state index is 11.7. The lowest BCUT2D eigenvalue weighted by Crippen LogP contribution is -2.40. The molecule has 2 fully saturated rings.